The molecule has 0 amide bonds. The largest absolute Gasteiger partial charge is 0.480 e. The van der Waals surface area contributed by atoms with Crippen molar-refractivity contribution in [3.63, 3.8) is 0 Å². The van der Waals surface area contributed by atoms with E-state index in [1.165, 1.54) is 12.1 Å². The van der Waals surface area contributed by atoms with Crippen molar-refractivity contribution in [1.82, 2.24) is 10.2 Å². The van der Waals surface area contributed by atoms with Crippen LogP contribution in [0.4, 0.5) is 0 Å². The van der Waals surface area contributed by atoms with E-state index >= 15 is 0 Å². The minimum Gasteiger partial charge on any atom is -0.480 e. The van der Waals surface area contributed by atoms with E-state index in [2.05, 4.69) is 16.8 Å². The van der Waals surface area contributed by atoms with Gasteiger partial charge in [-0.25, -0.2) is 0 Å². The van der Waals surface area contributed by atoms with Gasteiger partial charge < -0.3 is 15.3 Å². The SMILES string of the molecule is C=C1CCCN1CCCNCC(=O)O. The summed E-state index contributed by atoms with van der Waals surface area (Å²) >= 11 is 0. The molecule has 0 spiro atoms. The zero-order chi connectivity index (χ0) is 10.4. The maximum absolute atomic E-state index is 10.2. The molecule has 0 aromatic heterocycles. The van der Waals surface area contributed by atoms with Crippen LogP contribution in [-0.4, -0.2) is 42.2 Å². The maximum atomic E-state index is 10.2. The Morgan fingerprint density at radius 1 is 1.64 bits per heavy atom. The van der Waals surface area contributed by atoms with Gasteiger partial charge in [-0.2, -0.15) is 0 Å². The zero-order valence-electron chi connectivity index (χ0n) is 8.46. The van der Waals surface area contributed by atoms with E-state index in [-0.39, 0.29) is 6.54 Å². The van der Waals surface area contributed by atoms with Crippen molar-refractivity contribution in [2.24, 2.45) is 0 Å². The number of nitrogens with zero attached hydrogens (tertiary/aromatic N) is 1. The van der Waals surface area contributed by atoms with Crippen molar-refractivity contribution in [2.45, 2.75) is 19.3 Å². The van der Waals surface area contributed by atoms with Crippen LogP contribution in [0.3, 0.4) is 0 Å². The molecule has 0 radical (unpaired) electrons. The Balaban J connectivity index is 1.98. The number of hydrogen-bond acceptors (Lipinski definition) is 3. The Kier molecular flexibility index (Phi) is 4.46. The summed E-state index contributed by atoms with van der Waals surface area (Å²) < 4.78 is 0. The van der Waals surface area contributed by atoms with E-state index < -0.39 is 5.97 Å². The van der Waals surface area contributed by atoms with Crippen LogP contribution in [0.25, 0.3) is 0 Å². The molecule has 4 heteroatoms. The number of carbonyl (C=O) groups is 1. The number of rotatable bonds is 6. The molecular weight excluding hydrogens is 180 g/mol. The van der Waals surface area contributed by atoms with Crippen LogP contribution in [0, 0.1) is 0 Å². The second-order valence-electron chi connectivity index (χ2n) is 3.58. The minimum absolute atomic E-state index is 0.0565. The second kappa shape index (κ2) is 5.65. The Labute approximate surface area is 84.6 Å². The summed E-state index contributed by atoms with van der Waals surface area (Å²) in [5.41, 5.74) is 1.23. The molecule has 0 bridgehead atoms. The van der Waals surface area contributed by atoms with Gasteiger partial charge in [0, 0.05) is 18.8 Å². The molecule has 4 nitrogen and oxygen atoms in total. The minimum atomic E-state index is -0.796. The summed E-state index contributed by atoms with van der Waals surface area (Å²) in [6.45, 7) is 6.89. The van der Waals surface area contributed by atoms with Gasteiger partial charge in [-0.05, 0) is 25.8 Å². The summed E-state index contributed by atoms with van der Waals surface area (Å²) in [4.78, 5) is 12.5. The van der Waals surface area contributed by atoms with Gasteiger partial charge in [0.2, 0.25) is 0 Å². The van der Waals surface area contributed by atoms with Gasteiger partial charge in [-0.1, -0.05) is 6.58 Å². The predicted molar refractivity (Wildman–Crippen MR) is 55.1 cm³/mol. The van der Waals surface area contributed by atoms with Crippen molar-refractivity contribution in [1.29, 1.82) is 0 Å². The van der Waals surface area contributed by atoms with Gasteiger partial charge in [0.1, 0.15) is 0 Å². The van der Waals surface area contributed by atoms with Gasteiger partial charge in [0.25, 0.3) is 0 Å². The molecule has 0 aromatic carbocycles. The quantitative estimate of drug-likeness (QED) is 0.616. The average Bonchev–Trinajstić information content (AvgIpc) is 2.51. The Morgan fingerprint density at radius 2 is 2.43 bits per heavy atom. The van der Waals surface area contributed by atoms with Crippen LogP contribution in [0.1, 0.15) is 19.3 Å². The molecule has 0 aliphatic carbocycles. The molecule has 2 N–H and O–H groups in total. The van der Waals surface area contributed by atoms with Crippen LogP contribution in [0.2, 0.25) is 0 Å². The molecule has 1 rings (SSSR count). The molecule has 80 valence electrons. The molecule has 0 atom stereocenters. The van der Waals surface area contributed by atoms with E-state index in [1.54, 1.807) is 0 Å². The van der Waals surface area contributed by atoms with Gasteiger partial charge in [0.05, 0.1) is 6.54 Å². The van der Waals surface area contributed by atoms with Crippen molar-refractivity contribution >= 4 is 5.97 Å². The highest BCUT2D eigenvalue weighted by atomic mass is 16.4. The van der Waals surface area contributed by atoms with E-state index in [1.807, 2.05) is 0 Å². The summed E-state index contributed by atoms with van der Waals surface area (Å²) in [7, 11) is 0. The fourth-order valence-electron chi connectivity index (χ4n) is 1.65. The first-order chi connectivity index (χ1) is 6.70. The average molecular weight is 198 g/mol. The third-order valence-corrected chi connectivity index (χ3v) is 2.40. The van der Waals surface area contributed by atoms with Crippen molar-refractivity contribution in [3.8, 4) is 0 Å². The Hall–Kier alpha value is -1.03. The van der Waals surface area contributed by atoms with E-state index in [0.29, 0.717) is 0 Å². The molecule has 0 aromatic rings. The van der Waals surface area contributed by atoms with Gasteiger partial charge in [0.15, 0.2) is 0 Å². The zero-order valence-corrected chi connectivity index (χ0v) is 8.46. The predicted octanol–water partition coefficient (Wildman–Crippen LogP) is 0.660. The fourth-order valence-corrected chi connectivity index (χ4v) is 1.65. The first kappa shape index (κ1) is 11.0. The molecule has 1 saturated heterocycles. The first-order valence-electron chi connectivity index (χ1n) is 5.05. The molecule has 14 heavy (non-hydrogen) atoms. The normalized spacial score (nSPS) is 16.3. The fraction of sp³-hybridized carbons (Fsp3) is 0.700. The molecule has 0 saturated carbocycles. The third kappa shape index (κ3) is 3.79. The number of hydrogen-bond donors (Lipinski definition) is 2. The number of carboxylic acid groups (broad SMARTS) is 1. The lowest BCUT2D eigenvalue weighted by atomic mass is 10.3. The molecule has 1 fully saturated rings. The van der Waals surface area contributed by atoms with Crippen molar-refractivity contribution in [3.05, 3.63) is 12.3 Å². The lowest BCUT2D eigenvalue weighted by Crippen LogP contribution is -2.27. The third-order valence-electron chi connectivity index (χ3n) is 2.40. The number of nitrogens with one attached hydrogen (secondary N) is 1. The lowest BCUT2D eigenvalue weighted by Gasteiger charge is -2.18. The standard InChI is InChI=1S/C10H18N2O2/c1-9-4-2-6-12(9)7-3-5-11-8-10(13)14/h11H,1-8H2,(H,13,14). The summed E-state index contributed by atoms with van der Waals surface area (Å²) in [5.74, 6) is -0.796. The Morgan fingerprint density at radius 3 is 3.00 bits per heavy atom. The topological polar surface area (TPSA) is 52.6 Å². The molecule has 1 aliphatic heterocycles. The number of carboxylic acids is 1. The van der Waals surface area contributed by atoms with Crippen LogP contribution in [0.5, 0.6) is 0 Å². The highest BCUT2D eigenvalue weighted by molar-refractivity contribution is 5.68. The van der Waals surface area contributed by atoms with Crippen LogP contribution < -0.4 is 5.32 Å². The molecule has 1 aliphatic rings. The number of allylic oxidation sites excluding steroid dienone is 1. The highest BCUT2D eigenvalue weighted by Gasteiger charge is 2.13. The smallest absolute Gasteiger partial charge is 0.317 e. The first-order valence-corrected chi connectivity index (χ1v) is 5.05. The van der Waals surface area contributed by atoms with E-state index in [0.717, 1.165) is 32.5 Å². The van der Waals surface area contributed by atoms with Crippen LogP contribution >= 0.6 is 0 Å². The molecule has 0 unspecified atom stereocenters. The van der Waals surface area contributed by atoms with Crippen LogP contribution in [-0.2, 0) is 4.79 Å². The second-order valence-corrected chi connectivity index (χ2v) is 3.58. The monoisotopic (exact) mass is 198 g/mol. The van der Waals surface area contributed by atoms with Gasteiger partial charge in [-0.15, -0.1) is 0 Å². The van der Waals surface area contributed by atoms with E-state index in [4.69, 9.17) is 5.11 Å². The maximum Gasteiger partial charge on any atom is 0.317 e. The highest BCUT2D eigenvalue weighted by Crippen LogP contribution is 2.18. The lowest BCUT2D eigenvalue weighted by molar-refractivity contribution is -0.135. The van der Waals surface area contributed by atoms with Gasteiger partial charge >= 0.3 is 5.97 Å². The molecule has 1 heterocycles. The summed E-state index contributed by atoms with van der Waals surface area (Å²) in [6, 6.07) is 0. The number of likely N-dealkylation sites (tertiary alicyclic amines) is 1. The van der Waals surface area contributed by atoms with Crippen LogP contribution in [0.15, 0.2) is 12.3 Å². The molecular formula is C10H18N2O2. The van der Waals surface area contributed by atoms with Gasteiger partial charge in [-0.3, -0.25) is 4.79 Å². The summed E-state index contributed by atoms with van der Waals surface area (Å²) in [5, 5.41) is 11.2. The summed E-state index contributed by atoms with van der Waals surface area (Å²) in [6.07, 6.45) is 3.30. The number of aliphatic carboxylic acids is 1. The Bertz CT molecular complexity index is 216. The van der Waals surface area contributed by atoms with E-state index in [9.17, 15) is 4.79 Å². The van der Waals surface area contributed by atoms with Crippen molar-refractivity contribution < 1.29 is 9.90 Å². The van der Waals surface area contributed by atoms with Crippen molar-refractivity contribution in [2.75, 3.05) is 26.2 Å².